The predicted octanol–water partition coefficient (Wildman–Crippen LogP) is 2.52. The van der Waals surface area contributed by atoms with Crippen LogP contribution in [0.1, 0.15) is 49.7 Å². The predicted molar refractivity (Wildman–Crippen MR) is 62.3 cm³/mol. The van der Waals surface area contributed by atoms with Crippen molar-refractivity contribution < 1.29 is 0 Å². The summed E-state index contributed by atoms with van der Waals surface area (Å²) in [6.07, 6.45) is 4.78. The molecule has 15 heavy (non-hydrogen) atoms. The lowest BCUT2D eigenvalue weighted by Gasteiger charge is -2.19. The van der Waals surface area contributed by atoms with Crippen molar-refractivity contribution in [2.45, 2.75) is 45.4 Å². The largest absolute Gasteiger partial charge is 0.373 e. The molecule has 3 heteroatoms. The fourth-order valence-electron chi connectivity index (χ4n) is 2.08. The lowest BCUT2D eigenvalue weighted by atomic mass is 9.96. The summed E-state index contributed by atoms with van der Waals surface area (Å²) in [4.78, 5) is 9.25. The lowest BCUT2D eigenvalue weighted by molar-refractivity contribution is 0.646. The monoisotopic (exact) mass is 205 g/mol. The Kier molecular flexibility index (Phi) is 2.89. The zero-order valence-corrected chi connectivity index (χ0v) is 9.80. The number of hydrogen-bond acceptors (Lipinski definition) is 3. The highest BCUT2D eigenvalue weighted by molar-refractivity contribution is 5.47. The molecule has 1 N–H and O–H groups in total. The van der Waals surface area contributed by atoms with Gasteiger partial charge in [0.05, 0.1) is 0 Å². The first-order chi connectivity index (χ1) is 7.22. The summed E-state index contributed by atoms with van der Waals surface area (Å²) in [6.45, 7) is 4.29. The minimum atomic E-state index is 0.407. The molecule has 0 saturated heterocycles. The van der Waals surface area contributed by atoms with Gasteiger partial charge < -0.3 is 5.32 Å². The van der Waals surface area contributed by atoms with Crippen LogP contribution in [-0.2, 0) is 12.8 Å². The molecule has 1 aliphatic carbocycles. The molecule has 0 saturated carbocycles. The molecule has 0 unspecified atom stereocenters. The summed E-state index contributed by atoms with van der Waals surface area (Å²) in [5, 5.41) is 3.20. The Labute approximate surface area is 91.3 Å². The Morgan fingerprint density at radius 3 is 2.53 bits per heavy atom. The number of aromatic nitrogens is 2. The Bertz CT molecular complexity index is 341. The van der Waals surface area contributed by atoms with E-state index in [0.717, 1.165) is 24.5 Å². The van der Waals surface area contributed by atoms with Crippen molar-refractivity contribution >= 4 is 5.82 Å². The van der Waals surface area contributed by atoms with Crippen LogP contribution in [0.4, 0.5) is 5.82 Å². The van der Waals surface area contributed by atoms with Crippen LogP contribution in [0.15, 0.2) is 0 Å². The summed E-state index contributed by atoms with van der Waals surface area (Å²) in [7, 11) is 1.95. The minimum Gasteiger partial charge on any atom is -0.373 e. The van der Waals surface area contributed by atoms with Gasteiger partial charge in [-0.1, -0.05) is 13.8 Å². The number of aryl methyl sites for hydroxylation is 1. The van der Waals surface area contributed by atoms with Crippen LogP contribution in [0.25, 0.3) is 0 Å². The molecule has 2 rings (SSSR count). The van der Waals surface area contributed by atoms with E-state index in [9.17, 15) is 0 Å². The Morgan fingerprint density at radius 2 is 1.87 bits per heavy atom. The molecule has 0 aromatic carbocycles. The highest BCUT2D eigenvalue weighted by atomic mass is 15.0. The van der Waals surface area contributed by atoms with Crippen molar-refractivity contribution in [3.8, 4) is 0 Å². The minimum absolute atomic E-state index is 0.407. The molecule has 3 nitrogen and oxygen atoms in total. The average molecular weight is 205 g/mol. The van der Waals surface area contributed by atoms with E-state index in [2.05, 4.69) is 29.1 Å². The summed E-state index contributed by atoms with van der Waals surface area (Å²) < 4.78 is 0. The molecular weight excluding hydrogens is 186 g/mol. The molecule has 0 aliphatic heterocycles. The van der Waals surface area contributed by atoms with Gasteiger partial charge in [-0.25, -0.2) is 9.97 Å². The Balaban J connectivity index is 2.48. The molecule has 1 aromatic heterocycles. The van der Waals surface area contributed by atoms with Crippen LogP contribution in [0.3, 0.4) is 0 Å². The molecular formula is C12H19N3. The normalized spacial score (nSPS) is 15.2. The van der Waals surface area contributed by atoms with Crippen molar-refractivity contribution in [1.82, 2.24) is 9.97 Å². The Hall–Kier alpha value is -1.12. The molecule has 1 heterocycles. The SMILES string of the molecule is CNc1nc(C(C)C)nc2c1CCCC2. The van der Waals surface area contributed by atoms with Gasteiger partial charge in [-0.3, -0.25) is 0 Å². The lowest BCUT2D eigenvalue weighted by Crippen LogP contribution is -2.13. The maximum atomic E-state index is 4.67. The molecule has 0 bridgehead atoms. The zero-order chi connectivity index (χ0) is 10.8. The van der Waals surface area contributed by atoms with E-state index in [1.807, 2.05) is 7.05 Å². The van der Waals surface area contributed by atoms with Gasteiger partial charge in [-0.05, 0) is 25.7 Å². The first-order valence-corrected chi connectivity index (χ1v) is 5.79. The van der Waals surface area contributed by atoms with E-state index in [4.69, 9.17) is 0 Å². The highest BCUT2D eigenvalue weighted by Gasteiger charge is 2.17. The first kappa shape index (κ1) is 10.4. The molecule has 1 aromatic rings. The number of anilines is 1. The van der Waals surface area contributed by atoms with Crippen LogP contribution in [0, 0.1) is 0 Å². The molecule has 0 amide bonds. The molecule has 82 valence electrons. The van der Waals surface area contributed by atoms with Crippen molar-refractivity contribution in [3.05, 3.63) is 17.1 Å². The summed E-state index contributed by atoms with van der Waals surface area (Å²) >= 11 is 0. The molecule has 0 spiro atoms. The zero-order valence-electron chi connectivity index (χ0n) is 9.80. The van der Waals surface area contributed by atoms with Gasteiger partial charge in [-0.2, -0.15) is 0 Å². The highest BCUT2D eigenvalue weighted by Crippen LogP contribution is 2.26. The standard InChI is InChI=1S/C12H19N3/c1-8(2)11-14-10-7-5-4-6-9(10)12(13-3)15-11/h8H,4-7H2,1-3H3,(H,13,14,15). The van der Waals surface area contributed by atoms with Gasteiger partial charge in [0.25, 0.3) is 0 Å². The van der Waals surface area contributed by atoms with Gasteiger partial charge >= 0.3 is 0 Å². The molecule has 0 radical (unpaired) electrons. The van der Waals surface area contributed by atoms with Crippen molar-refractivity contribution in [2.75, 3.05) is 12.4 Å². The van der Waals surface area contributed by atoms with Gasteiger partial charge in [0.1, 0.15) is 11.6 Å². The van der Waals surface area contributed by atoms with Crippen molar-refractivity contribution in [3.63, 3.8) is 0 Å². The van der Waals surface area contributed by atoms with E-state index in [-0.39, 0.29) is 0 Å². The van der Waals surface area contributed by atoms with E-state index >= 15 is 0 Å². The van der Waals surface area contributed by atoms with Crippen molar-refractivity contribution in [1.29, 1.82) is 0 Å². The van der Waals surface area contributed by atoms with E-state index in [1.54, 1.807) is 0 Å². The topological polar surface area (TPSA) is 37.8 Å². The van der Waals surface area contributed by atoms with Crippen LogP contribution in [0.5, 0.6) is 0 Å². The molecule has 1 aliphatic rings. The summed E-state index contributed by atoms with van der Waals surface area (Å²) in [5.74, 6) is 2.42. The summed E-state index contributed by atoms with van der Waals surface area (Å²) in [6, 6.07) is 0. The summed E-state index contributed by atoms with van der Waals surface area (Å²) in [5.41, 5.74) is 2.61. The van der Waals surface area contributed by atoms with Gasteiger partial charge in [0.2, 0.25) is 0 Å². The van der Waals surface area contributed by atoms with Gasteiger partial charge in [-0.15, -0.1) is 0 Å². The maximum absolute atomic E-state index is 4.67. The third-order valence-corrected chi connectivity index (χ3v) is 2.95. The van der Waals surface area contributed by atoms with Crippen LogP contribution >= 0.6 is 0 Å². The fourth-order valence-corrected chi connectivity index (χ4v) is 2.08. The first-order valence-electron chi connectivity index (χ1n) is 5.79. The fraction of sp³-hybridized carbons (Fsp3) is 0.667. The molecule has 0 fully saturated rings. The number of hydrogen-bond donors (Lipinski definition) is 1. The van der Waals surface area contributed by atoms with Crippen LogP contribution < -0.4 is 5.32 Å². The van der Waals surface area contributed by atoms with Crippen LogP contribution in [-0.4, -0.2) is 17.0 Å². The van der Waals surface area contributed by atoms with Crippen molar-refractivity contribution in [2.24, 2.45) is 0 Å². The Morgan fingerprint density at radius 1 is 1.13 bits per heavy atom. The average Bonchev–Trinajstić information content (AvgIpc) is 2.27. The quantitative estimate of drug-likeness (QED) is 0.806. The third kappa shape index (κ3) is 1.96. The smallest absolute Gasteiger partial charge is 0.133 e. The number of fused-ring (bicyclic) bond motifs is 1. The van der Waals surface area contributed by atoms with E-state index in [1.165, 1.54) is 24.1 Å². The third-order valence-electron chi connectivity index (χ3n) is 2.95. The van der Waals surface area contributed by atoms with Crippen LogP contribution in [0.2, 0.25) is 0 Å². The number of nitrogens with one attached hydrogen (secondary N) is 1. The maximum Gasteiger partial charge on any atom is 0.133 e. The number of rotatable bonds is 2. The van der Waals surface area contributed by atoms with E-state index in [0.29, 0.717) is 5.92 Å². The van der Waals surface area contributed by atoms with E-state index < -0.39 is 0 Å². The second-order valence-electron chi connectivity index (χ2n) is 4.47. The molecule has 0 atom stereocenters. The van der Waals surface area contributed by atoms with Gasteiger partial charge in [0, 0.05) is 24.2 Å². The second-order valence-corrected chi connectivity index (χ2v) is 4.47. The van der Waals surface area contributed by atoms with Gasteiger partial charge in [0.15, 0.2) is 0 Å². The second kappa shape index (κ2) is 4.17. The number of nitrogens with zero attached hydrogens (tertiary/aromatic N) is 2.